The van der Waals surface area contributed by atoms with Crippen LogP contribution in [0.1, 0.15) is 57.7 Å². The number of fused-ring (bicyclic) bond motifs is 2. The van der Waals surface area contributed by atoms with Gasteiger partial charge in [0.15, 0.2) is 0 Å². The molecule has 5 heterocycles. The number of carboxylic acids is 2. The number of anilines is 2. The van der Waals surface area contributed by atoms with Crippen molar-refractivity contribution in [3.8, 4) is 0 Å². The molecule has 3 fully saturated rings. The van der Waals surface area contributed by atoms with E-state index < -0.39 is 28.6 Å². The van der Waals surface area contributed by atoms with Crippen LogP contribution in [0.3, 0.4) is 0 Å². The Labute approximate surface area is 309 Å². The second kappa shape index (κ2) is 14.3. The van der Waals surface area contributed by atoms with Crippen molar-refractivity contribution in [2.24, 2.45) is 0 Å². The van der Waals surface area contributed by atoms with Crippen molar-refractivity contribution in [1.29, 1.82) is 0 Å². The fraction of sp³-hybridized carbons (Fsp3) is 0.385. The number of rotatable bonds is 10. The minimum Gasteiger partial charge on any atom is -0.477 e. The van der Waals surface area contributed by atoms with Gasteiger partial charge in [-0.1, -0.05) is 24.3 Å². The van der Waals surface area contributed by atoms with Gasteiger partial charge < -0.3 is 29.1 Å². The Morgan fingerprint density at radius 2 is 1.33 bits per heavy atom. The van der Waals surface area contributed by atoms with E-state index in [4.69, 9.17) is 0 Å². The lowest BCUT2D eigenvalue weighted by Crippen LogP contribution is -2.46. The Kier molecular flexibility index (Phi) is 9.36. The maximum absolute atomic E-state index is 15.4. The highest BCUT2D eigenvalue weighted by molar-refractivity contribution is 5.94. The number of benzene rings is 2. The quantitative estimate of drug-likeness (QED) is 0.215. The lowest BCUT2D eigenvalue weighted by molar-refractivity contribution is 0.0684. The van der Waals surface area contributed by atoms with Gasteiger partial charge in [-0.25, -0.2) is 19.0 Å². The maximum Gasteiger partial charge on any atom is 0.341 e. The predicted molar refractivity (Wildman–Crippen MR) is 201 cm³/mol. The number of aryl methyl sites for hydroxylation is 1. The number of halogens is 1. The summed E-state index contributed by atoms with van der Waals surface area (Å²) >= 11 is 0. The van der Waals surface area contributed by atoms with Crippen molar-refractivity contribution in [3.05, 3.63) is 104 Å². The van der Waals surface area contributed by atoms with Crippen molar-refractivity contribution in [3.63, 3.8) is 0 Å². The Morgan fingerprint density at radius 3 is 1.89 bits per heavy atom. The number of aromatic nitrogens is 4. The van der Waals surface area contributed by atoms with Crippen LogP contribution in [-0.4, -0.2) is 103 Å². The SMILES string of the molecule is CCn1cc(C(=O)O)c(=O)c2cnc(N3CCN(Cc4ccc(CN5CCN(c6cc7c(cc6F)c(=O)c(C(=O)O)cn7C6CC6)CC5)cc4)CC3)nc21. The van der Waals surface area contributed by atoms with Crippen molar-refractivity contribution in [2.45, 2.75) is 45.4 Å². The molecule has 0 unspecified atom stereocenters. The molecule has 2 saturated heterocycles. The fourth-order valence-corrected chi connectivity index (χ4v) is 7.64. The molecule has 1 aliphatic carbocycles. The van der Waals surface area contributed by atoms with Gasteiger partial charge in [0.25, 0.3) is 0 Å². The first-order chi connectivity index (χ1) is 26.1. The normalized spacial score (nSPS) is 17.1. The third kappa shape index (κ3) is 6.80. The summed E-state index contributed by atoms with van der Waals surface area (Å²) in [7, 11) is 0. The van der Waals surface area contributed by atoms with Crippen molar-refractivity contribution >= 4 is 45.5 Å². The molecule has 3 aliphatic rings. The molecule has 14 nitrogen and oxygen atoms in total. The van der Waals surface area contributed by atoms with Gasteiger partial charge >= 0.3 is 11.9 Å². The molecule has 8 rings (SSSR count). The first-order valence-corrected chi connectivity index (χ1v) is 18.4. The third-order valence-corrected chi connectivity index (χ3v) is 10.8. The molecule has 2 N–H and O–H groups in total. The molecular formula is C39H41FN8O6. The molecule has 2 aliphatic heterocycles. The topological polar surface area (TPSA) is 157 Å². The van der Waals surface area contributed by atoms with Gasteiger partial charge in [0, 0.05) is 102 Å². The smallest absolute Gasteiger partial charge is 0.341 e. The van der Waals surface area contributed by atoms with E-state index in [2.05, 4.69) is 48.9 Å². The Bertz CT molecular complexity index is 2390. The van der Waals surface area contributed by atoms with Crippen LogP contribution in [0.15, 0.2) is 64.6 Å². The Hall–Kier alpha value is -5.67. The summed E-state index contributed by atoms with van der Waals surface area (Å²) in [5.74, 6) is -2.56. The zero-order valence-corrected chi connectivity index (χ0v) is 29.9. The van der Waals surface area contributed by atoms with Crippen LogP contribution in [-0.2, 0) is 19.6 Å². The largest absolute Gasteiger partial charge is 0.477 e. The summed E-state index contributed by atoms with van der Waals surface area (Å²) in [6, 6.07) is 11.7. The summed E-state index contributed by atoms with van der Waals surface area (Å²) in [4.78, 5) is 66.7. The molecule has 0 spiro atoms. The van der Waals surface area contributed by atoms with Gasteiger partial charge in [0.05, 0.1) is 16.6 Å². The van der Waals surface area contributed by atoms with Crippen LogP contribution < -0.4 is 20.7 Å². The molecule has 280 valence electrons. The standard InChI is InChI=1S/C39H41FN8O6/c1-2-45-22-29(37(51)52)35(50)28-19-41-39(42-36(28)45)47-15-11-44(12-16-47)21-25-5-3-24(4-6-25)20-43-9-13-46(14-10-43)33-18-32-27(17-31(33)40)34(49)30(38(53)54)23-48(32)26-7-8-26/h3-6,17-19,22-23,26H,2,7-16,20-21H2,1H3,(H,51,52)(H,53,54). The van der Waals surface area contributed by atoms with Gasteiger partial charge in [-0.15, -0.1) is 0 Å². The van der Waals surface area contributed by atoms with Crippen molar-refractivity contribution in [1.82, 2.24) is 28.9 Å². The highest BCUT2D eigenvalue weighted by Gasteiger charge is 2.29. The van der Waals surface area contributed by atoms with Crippen LogP contribution >= 0.6 is 0 Å². The van der Waals surface area contributed by atoms with Gasteiger partial charge in [0.1, 0.15) is 22.6 Å². The summed E-state index contributed by atoms with van der Waals surface area (Å²) in [5, 5.41) is 19.3. The summed E-state index contributed by atoms with van der Waals surface area (Å²) in [5.41, 5.74) is 2.01. The second-order valence-electron chi connectivity index (χ2n) is 14.3. The molecule has 1 saturated carbocycles. The average Bonchev–Trinajstić information content (AvgIpc) is 4.02. The van der Waals surface area contributed by atoms with Gasteiger partial charge in [-0.05, 0) is 43.0 Å². The molecule has 54 heavy (non-hydrogen) atoms. The second-order valence-corrected chi connectivity index (χ2v) is 14.3. The number of hydrogen-bond acceptors (Lipinski definition) is 10. The zero-order chi connectivity index (χ0) is 37.7. The average molecular weight is 737 g/mol. The van der Waals surface area contributed by atoms with E-state index in [1.807, 2.05) is 16.4 Å². The first-order valence-electron chi connectivity index (χ1n) is 18.4. The molecule has 2 aromatic carbocycles. The minimum atomic E-state index is -1.30. The summed E-state index contributed by atoms with van der Waals surface area (Å²) in [6.07, 6.45) is 5.99. The van der Waals surface area contributed by atoms with E-state index in [9.17, 15) is 29.4 Å². The predicted octanol–water partition coefficient (Wildman–Crippen LogP) is 3.64. The third-order valence-electron chi connectivity index (χ3n) is 10.8. The number of nitrogens with zero attached hydrogens (tertiary/aromatic N) is 8. The van der Waals surface area contributed by atoms with Gasteiger partial charge in [-0.3, -0.25) is 19.4 Å². The summed E-state index contributed by atoms with van der Waals surface area (Å²) < 4.78 is 19.0. The molecule has 3 aromatic heterocycles. The Balaban J connectivity index is 0.855. The molecule has 5 aromatic rings. The van der Waals surface area contributed by atoms with Crippen molar-refractivity contribution in [2.75, 3.05) is 62.2 Å². The zero-order valence-electron chi connectivity index (χ0n) is 29.9. The lowest BCUT2D eigenvalue weighted by atomic mass is 10.1. The summed E-state index contributed by atoms with van der Waals surface area (Å²) in [6.45, 7) is 9.73. The lowest BCUT2D eigenvalue weighted by Gasteiger charge is -2.36. The van der Waals surface area contributed by atoms with E-state index in [0.29, 0.717) is 55.5 Å². The van der Waals surface area contributed by atoms with E-state index in [0.717, 1.165) is 52.1 Å². The molecule has 0 amide bonds. The first kappa shape index (κ1) is 35.4. The molecule has 0 bridgehead atoms. The number of piperazine rings is 2. The number of carbonyl (C=O) groups is 2. The number of pyridine rings is 2. The molecular weight excluding hydrogens is 695 g/mol. The van der Waals surface area contributed by atoms with Gasteiger partial charge in [0.2, 0.25) is 16.8 Å². The van der Waals surface area contributed by atoms with Crippen LogP contribution in [0.2, 0.25) is 0 Å². The van der Waals surface area contributed by atoms with E-state index in [1.165, 1.54) is 35.8 Å². The highest BCUT2D eigenvalue weighted by Crippen LogP contribution is 2.38. The monoisotopic (exact) mass is 736 g/mol. The number of aromatic carboxylic acids is 2. The molecule has 0 radical (unpaired) electrons. The van der Waals surface area contributed by atoms with Crippen LogP contribution in [0, 0.1) is 5.82 Å². The molecule has 0 atom stereocenters. The highest BCUT2D eigenvalue weighted by atomic mass is 19.1. The molecule has 15 heteroatoms. The number of carboxylic acid groups (broad SMARTS) is 2. The van der Waals surface area contributed by atoms with Crippen LogP contribution in [0.4, 0.5) is 16.0 Å². The van der Waals surface area contributed by atoms with E-state index >= 15 is 4.39 Å². The minimum absolute atomic E-state index is 0.105. The van der Waals surface area contributed by atoms with Gasteiger partial charge in [-0.2, -0.15) is 4.98 Å². The van der Waals surface area contributed by atoms with E-state index in [-0.39, 0.29) is 27.9 Å². The number of hydrogen-bond donors (Lipinski definition) is 2. The van der Waals surface area contributed by atoms with Crippen molar-refractivity contribution < 1.29 is 24.2 Å². The maximum atomic E-state index is 15.4. The van der Waals surface area contributed by atoms with Crippen LogP contribution in [0.25, 0.3) is 21.9 Å². The Morgan fingerprint density at radius 1 is 0.778 bits per heavy atom. The van der Waals surface area contributed by atoms with E-state index in [1.54, 1.807) is 10.6 Å². The fourth-order valence-electron chi connectivity index (χ4n) is 7.64. The van der Waals surface area contributed by atoms with Crippen LogP contribution in [0.5, 0.6) is 0 Å².